The molecular formula is C15H21Cl2F3N2O2. The number of hydrogen-bond donors (Lipinski definition) is 1. The molecule has 1 N–H and O–H groups in total. The van der Waals surface area contributed by atoms with Crippen molar-refractivity contribution < 1.29 is 22.7 Å². The van der Waals surface area contributed by atoms with Gasteiger partial charge < -0.3 is 10.1 Å². The number of nitrogens with one attached hydrogen (secondary N) is 1. The highest BCUT2D eigenvalue weighted by molar-refractivity contribution is 5.85. The molecule has 1 aliphatic heterocycles. The number of alkyl halides is 3. The minimum atomic E-state index is -4.23. The summed E-state index contributed by atoms with van der Waals surface area (Å²) in [5.41, 5.74) is 0.579. The standard InChI is InChI=1S/C15H19F3N2O2.2ClH/c1-11(21)22-13-4-2-12(3-5-13)14(10-15(16,17)18)20-8-6-19-7-9-20;;/h2-5,14,19H,6-10H2,1H3;2*1H/t14-;;/m1../s1. The van der Waals surface area contributed by atoms with Gasteiger partial charge >= 0.3 is 12.1 Å². The maximum Gasteiger partial charge on any atom is 0.390 e. The number of halogens is 5. The van der Waals surface area contributed by atoms with Crippen LogP contribution in [-0.4, -0.2) is 43.2 Å². The highest BCUT2D eigenvalue weighted by Gasteiger charge is 2.35. The van der Waals surface area contributed by atoms with Crippen molar-refractivity contribution in [1.82, 2.24) is 10.2 Å². The Morgan fingerprint density at radius 2 is 1.75 bits per heavy atom. The van der Waals surface area contributed by atoms with E-state index in [1.165, 1.54) is 19.1 Å². The number of rotatable bonds is 4. The number of nitrogens with zero attached hydrogens (tertiary/aromatic N) is 1. The van der Waals surface area contributed by atoms with Crippen LogP contribution in [0.15, 0.2) is 24.3 Å². The van der Waals surface area contributed by atoms with Crippen LogP contribution in [0.2, 0.25) is 0 Å². The normalized spacial score (nSPS) is 16.5. The summed E-state index contributed by atoms with van der Waals surface area (Å²) >= 11 is 0. The molecule has 1 aromatic rings. The van der Waals surface area contributed by atoms with E-state index in [-0.39, 0.29) is 24.8 Å². The van der Waals surface area contributed by atoms with E-state index >= 15 is 0 Å². The van der Waals surface area contributed by atoms with Crippen LogP contribution in [0.3, 0.4) is 0 Å². The predicted octanol–water partition coefficient (Wildman–Crippen LogP) is 3.35. The maximum atomic E-state index is 12.9. The summed E-state index contributed by atoms with van der Waals surface area (Å²) in [6.07, 6.45) is -5.12. The molecule has 0 spiro atoms. The monoisotopic (exact) mass is 388 g/mol. The van der Waals surface area contributed by atoms with Crippen LogP contribution in [0, 0.1) is 0 Å². The molecule has 1 aromatic carbocycles. The Kier molecular flexibility index (Phi) is 9.65. The van der Waals surface area contributed by atoms with Crippen molar-refractivity contribution in [3.05, 3.63) is 29.8 Å². The van der Waals surface area contributed by atoms with Gasteiger partial charge in [-0.2, -0.15) is 13.2 Å². The first-order chi connectivity index (χ1) is 10.3. The topological polar surface area (TPSA) is 41.6 Å². The first kappa shape index (κ1) is 23.0. The van der Waals surface area contributed by atoms with Crippen LogP contribution in [0.25, 0.3) is 0 Å². The molecule has 0 aliphatic carbocycles. The summed E-state index contributed by atoms with van der Waals surface area (Å²) in [5, 5.41) is 3.13. The van der Waals surface area contributed by atoms with Gasteiger partial charge in [0.05, 0.1) is 6.42 Å². The molecule has 0 bridgehead atoms. The third-order valence-corrected chi connectivity index (χ3v) is 3.54. The summed E-state index contributed by atoms with van der Waals surface area (Å²) in [6, 6.07) is 5.53. The van der Waals surface area contributed by atoms with Gasteiger partial charge in [-0.1, -0.05) is 12.1 Å². The van der Waals surface area contributed by atoms with Crippen molar-refractivity contribution in [1.29, 1.82) is 0 Å². The Balaban J connectivity index is 0.00000264. The Hall–Kier alpha value is -1.02. The minimum Gasteiger partial charge on any atom is -0.427 e. The lowest BCUT2D eigenvalue weighted by molar-refractivity contribution is -0.148. The molecule has 1 saturated heterocycles. The molecular weight excluding hydrogens is 368 g/mol. The second kappa shape index (κ2) is 10.1. The molecule has 4 nitrogen and oxygen atoms in total. The summed E-state index contributed by atoms with van der Waals surface area (Å²) in [6.45, 7) is 3.79. The first-order valence-corrected chi connectivity index (χ1v) is 7.15. The Bertz CT molecular complexity index is 506. The van der Waals surface area contributed by atoms with Gasteiger partial charge in [0.15, 0.2) is 0 Å². The third-order valence-electron chi connectivity index (χ3n) is 3.54. The lowest BCUT2D eigenvalue weighted by Gasteiger charge is -2.35. The van der Waals surface area contributed by atoms with Gasteiger partial charge in [0.1, 0.15) is 5.75 Å². The zero-order valence-electron chi connectivity index (χ0n) is 13.1. The van der Waals surface area contributed by atoms with Crippen LogP contribution in [0.1, 0.15) is 24.9 Å². The number of benzene rings is 1. The quantitative estimate of drug-likeness (QED) is 0.634. The Labute approximate surface area is 151 Å². The van der Waals surface area contributed by atoms with Crippen molar-refractivity contribution in [3.8, 4) is 5.75 Å². The lowest BCUT2D eigenvalue weighted by Crippen LogP contribution is -2.46. The molecule has 1 heterocycles. The molecule has 0 amide bonds. The molecule has 24 heavy (non-hydrogen) atoms. The molecule has 9 heteroatoms. The predicted molar refractivity (Wildman–Crippen MR) is 90.1 cm³/mol. The summed E-state index contributed by atoms with van der Waals surface area (Å²) in [4.78, 5) is 12.7. The van der Waals surface area contributed by atoms with E-state index < -0.39 is 24.6 Å². The van der Waals surface area contributed by atoms with Crippen LogP contribution in [0.4, 0.5) is 13.2 Å². The van der Waals surface area contributed by atoms with E-state index in [0.29, 0.717) is 37.5 Å². The fourth-order valence-electron chi connectivity index (χ4n) is 2.59. The van der Waals surface area contributed by atoms with Gasteiger partial charge in [0.25, 0.3) is 0 Å². The molecule has 0 saturated carbocycles. The lowest BCUT2D eigenvalue weighted by atomic mass is 10.0. The smallest absolute Gasteiger partial charge is 0.390 e. The first-order valence-electron chi connectivity index (χ1n) is 7.15. The van der Waals surface area contributed by atoms with Gasteiger partial charge in [0.2, 0.25) is 0 Å². The van der Waals surface area contributed by atoms with Gasteiger partial charge in [-0.25, -0.2) is 0 Å². The van der Waals surface area contributed by atoms with E-state index in [9.17, 15) is 18.0 Å². The Morgan fingerprint density at radius 3 is 2.21 bits per heavy atom. The van der Waals surface area contributed by atoms with E-state index in [1.807, 2.05) is 4.90 Å². The SMILES string of the molecule is CC(=O)Oc1ccc([C@@H](CC(F)(F)F)N2CCNCC2)cc1.Cl.Cl. The van der Waals surface area contributed by atoms with Gasteiger partial charge in [-0.15, -0.1) is 24.8 Å². The zero-order chi connectivity index (χ0) is 16.2. The summed E-state index contributed by atoms with van der Waals surface area (Å²) in [7, 11) is 0. The Morgan fingerprint density at radius 1 is 1.21 bits per heavy atom. The van der Waals surface area contributed by atoms with Crippen molar-refractivity contribution in [2.24, 2.45) is 0 Å². The van der Waals surface area contributed by atoms with E-state index in [0.717, 1.165) is 0 Å². The molecule has 1 aliphatic rings. The second-order valence-corrected chi connectivity index (χ2v) is 5.28. The van der Waals surface area contributed by atoms with Crippen molar-refractivity contribution in [2.75, 3.05) is 26.2 Å². The molecule has 138 valence electrons. The van der Waals surface area contributed by atoms with Crippen molar-refractivity contribution in [2.45, 2.75) is 25.6 Å². The molecule has 1 atom stereocenters. The second-order valence-electron chi connectivity index (χ2n) is 5.28. The zero-order valence-corrected chi connectivity index (χ0v) is 14.8. The third kappa shape index (κ3) is 7.25. The number of carbonyl (C=O) groups is 1. The number of hydrogen-bond acceptors (Lipinski definition) is 4. The number of carbonyl (C=O) groups excluding carboxylic acids is 1. The fourth-order valence-corrected chi connectivity index (χ4v) is 2.59. The van der Waals surface area contributed by atoms with Crippen LogP contribution in [0.5, 0.6) is 5.75 Å². The van der Waals surface area contributed by atoms with Crippen molar-refractivity contribution in [3.63, 3.8) is 0 Å². The molecule has 0 radical (unpaired) electrons. The van der Waals surface area contributed by atoms with Crippen LogP contribution < -0.4 is 10.1 Å². The van der Waals surface area contributed by atoms with Crippen molar-refractivity contribution >= 4 is 30.8 Å². The molecule has 2 rings (SSSR count). The largest absolute Gasteiger partial charge is 0.427 e. The van der Waals surface area contributed by atoms with Gasteiger partial charge in [-0.05, 0) is 17.7 Å². The van der Waals surface area contributed by atoms with E-state index in [4.69, 9.17) is 4.74 Å². The minimum absolute atomic E-state index is 0. The van der Waals surface area contributed by atoms with E-state index in [1.54, 1.807) is 12.1 Å². The van der Waals surface area contributed by atoms with Crippen LogP contribution in [-0.2, 0) is 4.79 Å². The van der Waals surface area contributed by atoms with Gasteiger partial charge in [0, 0.05) is 39.1 Å². The molecule has 1 fully saturated rings. The number of ether oxygens (including phenoxy) is 1. The molecule has 0 aromatic heterocycles. The van der Waals surface area contributed by atoms with E-state index in [2.05, 4.69) is 5.32 Å². The fraction of sp³-hybridized carbons (Fsp3) is 0.533. The average Bonchev–Trinajstić information content (AvgIpc) is 2.45. The summed E-state index contributed by atoms with van der Waals surface area (Å²) in [5.74, 6) is -0.121. The molecule has 0 unspecified atom stereocenters. The highest BCUT2D eigenvalue weighted by Crippen LogP contribution is 2.34. The number of piperazine rings is 1. The summed E-state index contributed by atoms with van der Waals surface area (Å²) < 4.78 is 43.6. The van der Waals surface area contributed by atoms with Gasteiger partial charge in [-0.3, -0.25) is 9.69 Å². The number of esters is 1. The average molecular weight is 389 g/mol. The van der Waals surface area contributed by atoms with Crippen LogP contribution >= 0.6 is 24.8 Å². The highest BCUT2D eigenvalue weighted by atomic mass is 35.5. The maximum absolute atomic E-state index is 12.9.